The smallest absolute Gasteiger partial charge is 0.287 e. The summed E-state index contributed by atoms with van der Waals surface area (Å²) < 4.78 is 12.2. The SMILES string of the molecule is Cc1ccc2c(C)c(C(=O)N[C@H]3C[C@H]4CNC[C@H]4C[C@@H]3OCC3CC3)oc2c1.Cl. The molecule has 2 saturated carbocycles. The number of carbonyl (C=O) groups excluding carboxylic acids is 1. The number of carbonyl (C=O) groups is 1. The average Bonchev–Trinajstić information content (AvgIpc) is 3.30. The first-order valence-corrected chi connectivity index (χ1v) is 10.7. The molecule has 29 heavy (non-hydrogen) atoms. The van der Waals surface area contributed by atoms with Gasteiger partial charge in [-0.15, -0.1) is 12.4 Å². The van der Waals surface area contributed by atoms with Gasteiger partial charge in [0.25, 0.3) is 5.91 Å². The molecule has 2 aromatic rings. The summed E-state index contributed by atoms with van der Waals surface area (Å²) in [4.78, 5) is 13.1. The molecule has 0 radical (unpaired) electrons. The number of fused-ring (bicyclic) bond motifs is 2. The highest BCUT2D eigenvalue weighted by Crippen LogP contribution is 2.37. The van der Waals surface area contributed by atoms with Gasteiger partial charge in [0.2, 0.25) is 0 Å². The molecule has 1 amide bonds. The zero-order chi connectivity index (χ0) is 19.3. The lowest BCUT2D eigenvalue weighted by atomic mass is 9.77. The second-order valence-corrected chi connectivity index (χ2v) is 9.10. The van der Waals surface area contributed by atoms with Crippen LogP contribution in [0, 0.1) is 31.6 Å². The minimum absolute atomic E-state index is 0. The van der Waals surface area contributed by atoms with Crippen molar-refractivity contribution in [2.24, 2.45) is 17.8 Å². The maximum absolute atomic E-state index is 13.1. The summed E-state index contributed by atoms with van der Waals surface area (Å²) in [5.74, 6) is 2.37. The van der Waals surface area contributed by atoms with E-state index in [-0.39, 0.29) is 30.5 Å². The van der Waals surface area contributed by atoms with Gasteiger partial charge in [-0.1, -0.05) is 12.1 Å². The zero-order valence-corrected chi connectivity index (χ0v) is 18.0. The molecule has 1 aliphatic heterocycles. The van der Waals surface area contributed by atoms with Crippen LogP contribution in [0.25, 0.3) is 11.0 Å². The van der Waals surface area contributed by atoms with Gasteiger partial charge in [-0.2, -0.15) is 0 Å². The van der Waals surface area contributed by atoms with E-state index in [0.717, 1.165) is 60.6 Å². The van der Waals surface area contributed by atoms with Crippen molar-refractivity contribution in [3.8, 4) is 0 Å². The Hall–Kier alpha value is -1.56. The molecule has 3 fully saturated rings. The second kappa shape index (κ2) is 8.29. The highest BCUT2D eigenvalue weighted by Gasteiger charge is 2.41. The Kier molecular flexibility index (Phi) is 5.92. The van der Waals surface area contributed by atoms with Crippen molar-refractivity contribution in [3.63, 3.8) is 0 Å². The Morgan fingerprint density at radius 1 is 1.21 bits per heavy atom. The van der Waals surface area contributed by atoms with Gasteiger partial charge in [0.05, 0.1) is 12.1 Å². The third-order valence-electron chi connectivity index (χ3n) is 6.88. The molecule has 5 rings (SSSR count). The predicted octanol–water partition coefficient (Wildman–Crippen LogP) is 3.99. The van der Waals surface area contributed by atoms with Gasteiger partial charge < -0.3 is 19.8 Å². The van der Waals surface area contributed by atoms with E-state index >= 15 is 0 Å². The fraction of sp³-hybridized carbons (Fsp3) is 0.609. The molecule has 1 aromatic heterocycles. The molecular weight excluding hydrogens is 388 g/mol. The third-order valence-corrected chi connectivity index (χ3v) is 6.88. The first-order chi connectivity index (χ1) is 13.6. The Morgan fingerprint density at radius 2 is 1.97 bits per heavy atom. The standard InChI is InChI=1S/C23H30N2O3.ClH/c1-13-3-6-18-14(2)22(28-20(18)7-13)23(26)25-19-8-16-10-24-11-17(16)9-21(19)27-12-15-4-5-15;/h3,6-7,15-17,19,21,24H,4-5,8-12H2,1-2H3,(H,25,26);1H/t16-,17+,19-,21-;/m0./s1. The topological polar surface area (TPSA) is 63.5 Å². The van der Waals surface area contributed by atoms with E-state index in [1.807, 2.05) is 26.0 Å². The third kappa shape index (κ3) is 4.18. The van der Waals surface area contributed by atoms with Crippen molar-refractivity contribution in [1.29, 1.82) is 0 Å². The summed E-state index contributed by atoms with van der Waals surface area (Å²) in [7, 11) is 0. The fourth-order valence-corrected chi connectivity index (χ4v) is 4.94. The molecule has 4 atom stereocenters. The van der Waals surface area contributed by atoms with E-state index < -0.39 is 0 Å². The highest BCUT2D eigenvalue weighted by molar-refractivity contribution is 5.99. The summed E-state index contributed by atoms with van der Waals surface area (Å²) in [6, 6.07) is 6.15. The van der Waals surface area contributed by atoms with Gasteiger partial charge in [0.15, 0.2) is 5.76 Å². The predicted molar refractivity (Wildman–Crippen MR) is 116 cm³/mol. The van der Waals surface area contributed by atoms with Gasteiger partial charge in [-0.3, -0.25) is 4.79 Å². The molecule has 6 heteroatoms. The monoisotopic (exact) mass is 418 g/mol. The van der Waals surface area contributed by atoms with E-state index in [1.165, 1.54) is 12.8 Å². The average molecular weight is 419 g/mol. The van der Waals surface area contributed by atoms with Gasteiger partial charge in [-0.05, 0) is 82.0 Å². The van der Waals surface area contributed by atoms with Crippen LogP contribution >= 0.6 is 12.4 Å². The number of amides is 1. The Labute approximate surface area is 178 Å². The highest BCUT2D eigenvalue weighted by atomic mass is 35.5. The summed E-state index contributed by atoms with van der Waals surface area (Å²) in [5.41, 5.74) is 2.83. The molecule has 2 heterocycles. The van der Waals surface area contributed by atoms with E-state index in [2.05, 4.69) is 16.7 Å². The molecule has 0 bridgehead atoms. The van der Waals surface area contributed by atoms with Crippen molar-refractivity contribution < 1.29 is 13.9 Å². The number of halogens is 1. The molecule has 2 aliphatic carbocycles. The number of rotatable bonds is 5. The van der Waals surface area contributed by atoms with Crippen LogP contribution in [0.1, 0.15) is 47.4 Å². The quantitative estimate of drug-likeness (QED) is 0.770. The van der Waals surface area contributed by atoms with Crippen LogP contribution < -0.4 is 10.6 Å². The molecule has 158 valence electrons. The largest absolute Gasteiger partial charge is 0.451 e. The molecule has 0 unspecified atom stereocenters. The molecule has 1 aromatic carbocycles. The maximum atomic E-state index is 13.1. The van der Waals surface area contributed by atoms with Gasteiger partial charge in [-0.25, -0.2) is 0 Å². The Balaban J connectivity index is 0.00000205. The van der Waals surface area contributed by atoms with Crippen molar-refractivity contribution >= 4 is 29.3 Å². The molecular formula is C23H31ClN2O3. The van der Waals surface area contributed by atoms with Crippen LogP contribution in [0.3, 0.4) is 0 Å². The number of aryl methyl sites for hydroxylation is 2. The van der Waals surface area contributed by atoms with Crippen LogP contribution in [-0.2, 0) is 4.74 Å². The first-order valence-electron chi connectivity index (χ1n) is 10.7. The Morgan fingerprint density at radius 3 is 2.72 bits per heavy atom. The summed E-state index contributed by atoms with van der Waals surface area (Å²) in [6.45, 7) is 6.97. The zero-order valence-electron chi connectivity index (χ0n) is 17.2. The van der Waals surface area contributed by atoms with E-state index in [1.54, 1.807) is 0 Å². The van der Waals surface area contributed by atoms with Crippen LogP contribution in [0.2, 0.25) is 0 Å². The number of hydrogen-bond acceptors (Lipinski definition) is 4. The summed E-state index contributed by atoms with van der Waals surface area (Å²) in [6.07, 6.45) is 4.70. The van der Waals surface area contributed by atoms with Crippen molar-refractivity contribution in [1.82, 2.24) is 10.6 Å². The lowest BCUT2D eigenvalue weighted by molar-refractivity contribution is -0.0213. The van der Waals surface area contributed by atoms with Crippen LogP contribution in [-0.4, -0.2) is 37.7 Å². The van der Waals surface area contributed by atoms with Crippen molar-refractivity contribution in [3.05, 3.63) is 35.1 Å². The lowest BCUT2D eigenvalue weighted by Crippen LogP contribution is -2.50. The Bertz CT molecular complexity index is 892. The first kappa shape index (κ1) is 20.7. The normalized spacial score (nSPS) is 28.8. The van der Waals surface area contributed by atoms with E-state index in [9.17, 15) is 4.79 Å². The molecule has 1 saturated heterocycles. The molecule has 5 nitrogen and oxygen atoms in total. The van der Waals surface area contributed by atoms with Crippen LogP contribution in [0.4, 0.5) is 0 Å². The van der Waals surface area contributed by atoms with Crippen LogP contribution in [0.5, 0.6) is 0 Å². The molecule has 3 aliphatic rings. The number of nitrogens with one attached hydrogen (secondary N) is 2. The van der Waals surface area contributed by atoms with E-state index in [0.29, 0.717) is 17.6 Å². The number of furan rings is 1. The van der Waals surface area contributed by atoms with E-state index in [4.69, 9.17) is 9.15 Å². The summed E-state index contributed by atoms with van der Waals surface area (Å²) >= 11 is 0. The molecule has 2 N–H and O–H groups in total. The second-order valence-electron chi connectivity index (χ2n) is 9.10. The van der Waals surface area contributed by atoms with Gasteiger partial charge in [0.1, 0.15) is 5.58 Å². The fourth-order valence-electron chi connectivity index (χ4n) is 4.94. The van der Waals surface area contributed by atoms with Crippen LogP contribution in [0.15, 0.2) is 22.6 Å². The minimum Gasteiger partial charge on any atom is -0.451 e. The number of benzene rings is 1. The molecule has 0 spiro atoms. The van der Waals surface area contributed by atoms with Crippen molar-refractivity contribution in [2.75, 3.05) is 19.7 Å². The maximum Gasteiger partial charge on any atom is 0.287 e. The summed E-state index contributed by atoms with van der Waals surface area (Å²) in [5, 5.41) is 7.80. The minimum atomic E-state index is -0.110. The number of ether oxygens (including phenoxy) is 1. The van der Waals surface area contributed by atoms with Crippen molar-refractivity contribution in [2.45, 2.75) is 51.7 Å². The number of hydrogen-bond donors (Lipinski definition) is 2. The lowest BCUT2D eigenvalue weighted by Gasteiger charge is -2.38. The van der Waals surface area contributed by atoms with Gasteiger partial charge in [0, 0.05) is 17.6 Å². The van der Waals surface area contributed by atoms with Gasteiger partial charge >= 0.3 is 0 Å².